The Kier molecular flexibility index (Phi) is 7.20. The summed E-state index contributed by atoms with van der Waals surface area (Å²) in [4.78, 5) is 25.7. The Morgan fingerprint density at radius 1 is 1.11 bits per heavy atom. The number of amides is 3. The average molecular weight is 388 g/mol. The van der Waals surface area contributed by atoms with Gasteiger partial charge >= 0.3 is 12.2 Å². The van der Waals surface area contributed by atoms with Crippen LogP contribution in [0.15, 0.2) is 24.3 Å². The lowest BCUT2D eigenvalue weighted by molar-refractivity contribution is -1.02. The summed E-state index contributed by atoms with van der Waals surface area (Å²) in [6, 6.07) is 4.88. The van der Waals surface area contributed by atoms with Crippen molar-refractivity contribution in [3.63, 3.8) is 0 Å². The Morgan fingerprint density at radius 2 is 1.74 bits per heavy atom. The number of halogens is 3. The highest BCUT2D eigenvalue weighted by molar-refractivity contribution is 5.94. The molecule has 0 aliphatic carbocycles. The Morgan fingerprint density at radius 3 is 2.33 bits per heavy atom. The van der Waals surface area contributed by atoms with E-state index in [4.69, 9.17) is 0 Å². The molecule has 150 valence electrons. The second kappa shape index (κ2) is 9.18. The van der Waals surface area contributed by atoms with E-state index in [0.29, 0.717) is 12.1 Å². The van der Waals surface area contributed by atoms with Crippen molar-refractivity contribution in [3.8, 4) is 0 Å². The van der Waals surface area contributed by atoms with Gasteiger partial charge in [-0.2, -0.15) is 13.2 Å². The number of quaternary nitrogens is 2. The monoisotopic (exact) mass is 388 g/mol. The number of hydrogen-bond acceptors (Lipinski definition) is 2. The molecule has 1 heterocycles. The topological polar surface area (TPSA) is 67.1 Å². The standard InChI is InChI=1S/C18H25F3N4O2/c1-13(2)22-17(27)23-16(26)12-25-8-6-24(7-9-25)11-14-4-3-5-15(10-14)18(19,20)21/h3-5,10,13H,6-9,11-12H2,1-2H3,(H2,22,23,26,27)/p+2. The van der Waals surface area contributed by atoms with Crippen LogP contribution in [0.4, 0.5) is 18.0 Å². The van der Waals surface area contributed by atoms with Crippen molar-refractivity contribution in [1.82, 2.24) is 10.6 Å². The van der Waals surface area contributed by atoms with Gasteiger partial charge in [-0.15, -0.1) is 0 Å². The second-order valence-electron chi connectivity index (χ2n) is 7.23. The maximum Gasteiger partial charge on any atom is 0.416 e. The fourth-order valence-electron chi connectivity index (χ4n) is 3.15. The van der Waals surface area contributed by atoms with Crippen molar-refractivity contribution in [3.05, 3.63) is 35.4 Å². The minimum absolute atomic E-state index is 0.0480. The Hall–Kier alpha value is -2.13. The van der Waals surface area contributed by atoms with Crippen LogP contribution in [0.1, 0.15) is 25.0 Å². The quantitative estimate of drug-likeness (QED) is 0.535. The predicted octanol–water partition coefficient (Wildman–Crippen LogP) is -0.777. The molecule has 27 heavy (non-hydrogen) atoms. The number of piperazine rings is 1. The molecular formula is C18H27F3N4O2+2. The summed E-state index contributed by atoms with van der Waals surface area (Å²) in [6.45, 7) is 7.33. The van der Waals surface area contributed by atoms with Gasteiger partial charge in [0.25, 0.3) is 5.91 Å². The third-order valence-electron chi connectivity index (χ3n) is 4.46. The van der Waals surface area contributed by atoms with Gasteiger partial charge in [-0.25, -0.2) is 4.79 Å². The zero-order valence-corrected chi connectivity index (χ0v) is 15.6. The van der Waals surface area contributed by atoms with Crippen LogP contribution in [-0.2, 0) is 17.5 Å². The van der Waals surface area contributed by atoms with Gasteiger partial charge in [0.05, 0.1) is 5.56 Å². The van der Waals surface area contributed by atoms with Gasteiger partial charge in [-0.1, -0.05) is 12.1 Å². The number of alkyl halides is 3. The van der Waals surface area contributed by atoms with Crippen molar-refractivity contribution in [2.24, 2.45) is 0 Å². The molecule has 1 fully saturated rings. The third kappa shape index (κ3) is 7.18. The molecule has 0 unspecified atom stereocenters. The minimum atomic E-state index is -4.33. The molecule has 0 bridgehead atoms. The van der Waals surface area contributed by atoms with E-state index in [1.807, 2.05) is 13.8 Å². The third-order valence-corrected chi connectivity index (χ3v) is 4.46. The zero-order chi connectivity index (χ0) is 20.0. The minimum Gasteiger partial charge on any atom is -0.336 e. The van der Waals surface area contributed by atoms with Crippen LogP contribution in [0.2, 0.25) is 0 Å². The van der Waals surface area contributed by atoms with Crippen LogP contribution in [-0.4, -0.2) is 50.7 Å². The van der Waals surface area contributed by atoms with Crippen LogP contribution in [0, 0.1) is 0 Å². The SMILES string of the molecule is CC(C)NC(=O)NC(=O)C[NH+]1CC[NH+](Cc2cccc(C(F)(F)F)c2)CC1. The fraction of sp³-hybridized carbons (Fsp3) is 0.556. The van der Waals surface area contributed by atoms with Gasteiger partial charge < -0.3 is 15.1 Å². The lowest BCUT2D eigenvalue weighted by Gasteiger charge is -2.29. The number of nitrogens with one attached hydrogen (secondary N) is 4. The van der Waals surface area contributed by atoms with Gasteiger partial charge in [0.15, 0.2) is 6.54 Å². The van der Waals surface area contributed by atoms with E-state index < -0.39 is 17.8 Å². The van der Waals surface area contributed by atoms with E-state index in [2.05, 4.69) is 10.6 Å². The van der Waals surface area contributed by atoms with E-state index in [9.17, 15) is 22.8 Å². The lowest BCUT2D eigenvalue weighted by atomic mass is 10.1. The molecule has 0 atom stereocenters. The smallest absolute Gasteiger partial charge is 0.336 e. The summed E-state index contributed by atoms with van der Waals surface area (Å²) < 4.78 is 38.4. The molecule has 3 amide bonds. The first-order valence-electron chi connectivity index (χ1n) is 9.07. The maximum absolute atomic E-state index is 12.8. The lowest BCUT2D eigenvalue weighted by Crippen LogP contribution is -3.28. The highest BCUT2D eigenvalue weighted by atomic mass is 19.4. The van der Waals surface area contributed by atoms with E-state index in [-0.39, 0.29) is 18.5 Å². The Bertz CT molecular complexity index is 656. The molecule has 2 rings (SSSR count). The van der Waals surface area contributed by atoms with Crippen molar-refractivity contribution >= 4 is 11.9 Å². The molecule has 1 saturated heterocycles. The number of hydrogen-bond donors (Lipinski definition) is 4. The summed E-state index contributed by atoms with van der Waals surface area (Å²) in [7, 11) is 0. The summed E-state index contributed by atoms with van der Waals surface area (Å²) in [5, 5.41) is 4.90. The summed E-state index contributed by atoms with van der Waals surface area (Å²) in [5.41, 5.74) is 0.0337. The number of carbonyl (C=O) groups is 2. The maximum atomic E-state index is 12.8. The van der Waals surface area contributed by atoms with Crippen molar-refractivity contribution in [2.75, 3.05) is 32.7 Å². The summed E-state index contributed by atoms with van der Waals surface area (Å²) >= 11 is 0. The number of urea groups is 1. The molecule has 1 aliphatic heterocycles. The highest BCUT2D eigenvalue weighted by Crippen LogP contribution is 2.29. The largest absolute Gasteiger partial charge is 0.416 e. The second-order valence-corrected chi connectivity index (χ2v) is 7.23. The summed E-state index contributed by atoms with van der Waals surface area (Å²) in [5.74, 6) is -0.329. The van der Waals surface area contributed by atoms with E-state index in [1.165, 1.54) is 17.0 Å². The van der Waals surface area contributed by atoms with Gasteiger partial charge in [0.2, 0.25) is 0 Å². The van der Waals surface area contributed by atoms with Crippen molar-refractivity contribution < 1.29 is 32.6 Å². The zero-order valence-electron chi connectivity index (χ0n) is 15.6. The molecule has 0 saturated carbocycles. The fourth-order valence-corrected chi connectivity index (χ4v) is 3.15. The van der Waals surface area contributed by atoms with Crippen LogP contribution < -0.4 is 20.4 Å². The first kappa shape index (κ1) is 21.2. The number of benzene rings is 1. The van der Waals surface area contributed by atoms with Crippen molar-refractivity contribution in [2.45, 2.75) is 32.6 Å². The van der Waals surface area contributed by atoms with E-state index in [1.54, 1.807) is 6.07 Å². The van der Waals surface area contributed by atoms with Crippen LogP contribution in [0.25, 0.3) is 0 Å². The number of carbonyl (C=O) groups excluding carboxylic acids is 2. The first-order valence-corrected chi connectivity index (χ1v) is 9.07. The van der Waals surface area contributed by atoms with Crippen LogP contribution >= 0.6 is 0 Å². The van der Waals surface area contributed by atoms with E-state index in [0.717, 1.165) is 37.1 Å². The van der Waals surface area contributed by atoms with Gasteiger partial charge in [-0.3, -0.25) is 10.1 Å². The average Bonchev–Trinajstić information content (AvgIpc) is 2.55. The molecule has 1 aromatic carbocycles. The van der Waals surface area contributed by atoms with Crippen molar-refractivity contribution in [1.29, 1.82) is 0 Å². The predicted molar refractivity (Wildman–Crippen MR) is 93.2 cm³/mol. The molecular weight excluding hydrogens is 361 g/mol. The molecule has 6 nitrogen and oxygen atoms in total. The first-order chi connectivity index (χ1) is 12.6. The molecule has 4 N–H and O–H groups in total. The number of imide groups is 1. The highest BCUT2D eigenvalue weighted by Gasteiger charge is 2.31. The Labute approximate surface area is 156 Å². The molecule has 0 spiro atoms. The Balaban J connectivity index is 1.77. The molecule has 0 radical (unpaired) electrons. The molecule has 0 aromatic heterocycles. The molecule has 1 aliphatic rings. The summed E-state index contributed by atoms with van der Waals surface area (Å²) in [6.07, 6.45) is -4.33. The van der Waals surface area contributed by atoms with Crippen LogP contribution in [0.3, 0.4) is 0 Å². The van der Waals surface area contributed by atoms with Gasteiger partial charge in [0.1, 0.15) is 32.7 Å². The number of rotatable bonds is 5. The van der Waals surface area contributed by atoms with Gasteiger partial charge in [0, 0.05) is 11.6 Å². The van der Waals surface area contributed by atoms with Crippen LogP contribution in [0.5, 0.6) is 0 Å². The normalized spacial score (nSPS) is 20.4. The van der Waals surface area contributed by atoms with Gasteiger partial charge in [-0.05, 0) is 26.0 Å². The van der Waals surface area contributed by atoms with E-state index >= 15 is 0 Å². The molecule has 1 aromatic rings. The molecule has 9 heteroatoms.